The molecule has 1 saturated heterocycles. The van der Waals surface area contributed by atoms with E-state index in [0.717, 1.165) is 16.0 Å². The molecule has 0 bridgehead atoms. The zero-order valence-corrected chi connectivity index (χ0v) is 15.9. The summed E-state index contributed by atoms with van der Waals surface area (Å²) >= 11 is 0. The van der Waals surface area contributed by atoms with Crippen LogP contribution in [0.3, 0.4) is 0 Å². The summed E-state index contributed by atoms with van der Waals surface area (Å²) in [5, 5.41) is 11.5. The summed E-state index contributed by atoms with van der Waals surface area (Å²) in [5.74, 6) is -3.70. The molecule has 0 spiro atoms. The summed E-state index contributed by atoms with van der Waals surface area (Å²) in [6.45, 7) is 1.48. The third-order valence-electron chi connectivity index (χ3n) is 4.78. The van der Waals surface area contributed by atoms with Crippen LogP contribution in [-0.4, -0.2) is 46.5 Å². The van der Waals surface area contributed by atoms with Crippen LogP contribution in [0.5, 0.6) is 0 Å². The Labute approximate surface area is 167 Å². The van der Waals surface area contributed by atoms with E-state index in [0.29, 0.717) is 5.82 Å². The van der Waals surface area contributed by atoms with Gasteiger partial charge in [-0.15, -0.1) is 0 Å². The number of alkyl halides is 2. The monoisotopic (exact) mass is 401 g/mol. The van der Waals surface area contributed by atoms with E-state index < -0.39 is 24.5 Å². The van der Waals surface area contributed by atoms with Gasteiger partial charge in [-0.25, -0.2) is 23.5 Å². The van der Waals surface area contributed by atoms with E-state index in [9.17, 15) is 13.6 Å². The highest BCUT2D eigenvalue weighted by atomic mass is 19.3. The van der Waals surface area contributed by atoms with Crippen molar-refractivity contribution in [2.75, 3.05) is 25.0 Å². The molecule has 1 atom stereocenters. The normalized spacial score (nSPS) is 18.0. The van der Waals surface area contributed by atoms with Gasteiger partial charge in [0.15, 0.2) is 5.69 Å². The molecule has 1 amide bonds. The maximum Gasteiger partial charge on any atom is 0.410 e. The SMILES string of the molecule is Cc1ccc(COC(=O)N2CCC(CNc3cnc(C#N)cn3)C(F)(F)C2)cc1. The van der Waals surface area contributed by atoms with Gasteiger partial charge in [0.1, 0.15) is 18.5 Å². The van der Waals surface area contributed by atoms with E-state index in [1.165, 1.54) is 12.4 Å². The minimum Gasteiger partial charge on any atom is -0.445 e. The van der Waals surface area contributed by atoms with Gasteiger partial charge < -0.3 is 15.0 Å². The molecule has 1 aliphatic heterocycles. The fourth-order valence-electron chi connectivity index (χ4n) is 3.02. The van der Waals surface area contributed by atoms with Crippen molar-refractivity contribution in [3.63, 3.8) is 0 Å². The Morgan fingerprint density at radius 3 is 2.72 bits per heavy atom. The molecule has 1 unspecified atom stereocenters. The molecule has 2 heterocycles. The lowest BCUT2D eigenvalue weighted by molar-refractivity contribution is -0.101. The van der Waals surface area contributed by atoms with Crippen molar-refractivity contribution in [2.45, 2.75) is 25.9 Å². The summed E-state index contributed by atoms with van der Waals surface area (Å²) in [6, 6.07) is 9.30. The minimum absolute atomic E-state index is 0.0141. The molecule has 7 nitrogen and oxygen atoms in total. The number of amides is 1. The Hall–Kier alpha value is -3.28. The van der Waals surface area contributed by atoms with E-state index in [2.05, 4.69) is 15.3 Å². The zero-order chi connectivity index (χ0) is 20.9. The molecule has 1 aliphatic rings. The average molecular weight is 401 g/mol. The molecule has 152 valence electrons. The van der Waals surface area contributed by atoms with Crippen molar-refractivity contribution in [3.05, 3.63) is 53.5 Å². The Kier molecular flexibility index (Phi) is 6.22. The van der Waals surface area contributed by atoms with Gasteiger partial charge in [0, 0.05) is 19.0 Å². The molecular formula is C20H21F2N5O2. The van der Waals surface area contributed by atoms with Crippen molar-refractivity contribution in [3.8, 4) is 6.07 Å². The number of likely N-dealkylation sites (tertiary alicyclic amines) is 1. The van der Waals surface area contributed by atoms with Crippen molar-refractivity contribution >= 4 is 11.9 Å². The van der Waals surface area contributed by atoms with Crippen LogP contribution in [0.15, 0.2) is 36.7 Å². The molecule has 0 radical (unpaired) electrons. The highest BCUT2D eigenvalue weighted by Gasteiger charge is 2.46. The zero-order valence-electron chi connectivity index (χ0n) is 15.9. The first-order chi connectivity index (χ1) is 13.9. The predicted molar refractivity (Wildman–Crippen MR) is 101 cm³/mol. The van der Waals surface area contributed by atoms with Gasteiger partial charge in [0.25, 0.3) is 5.92 Å². The number of benzene rings is 1. The second-order valence-corrected chi connectivity index (χ2v) is 6.99. The lowest BCUT2D eigenvalue weighted by Gasteiger charge is -2.37. The van der Waals surface area contributed by atoms with Gasteiger partial charge >= 0.3 is 6.09 Å². The topological polar surface area (TPSA) is 91.1 Å². The number of ether oxygens (including phenoxy) is 1. The number of aryl methyl sites for hydroxylation is 1. The largest absolute Gasteiger partial charge is 0.445 e. The smallest absolute Gasteiger partial charge is 0.410 e. The van der Waals surface area contributed by atoms with Gasteiger partial charge in [-0.3, -0.25) is 0 Å². The van der Waals surface area contributed by atoms with Crippen molar-refractivity contribution in [1.82, 2.24) is 14.9 Å². The predicted octanol–water partition coefficient (Wildman–Crippen LogP) is 3.36. The Balaban J connectivity index is 1.50. The van der Waals surface area contributed by atoms with Crippen molar-refractivity contribution < 1.29 is 18.3 Å². The molecule has 9 heteroatoms. The number of nitrogens with zero attached hydrogens (tertiary/aromatic N) is 4. The van der Waals surface area contributed by atoms with Crippen LogP contribution in [0.2, 0.25) is 0 Å². The first kappa shape index (κ1) is 20.5. The molecule has 0 aliphatic carbocycles. The molecule has 3 rings (SSSR count). The number of anilines is 1. The quantitative estimate of drug-likeness (QED) is 0.826. The lowest BCUT2D eigenvalue weighted by Crippen LogP contribution is -2.52. The summed E-state index contributed by atoms with van der Waals surface area (Å²) in [7, 11) is 0. The molecule has 0 saturated carbocycles. The van der Waals surface area contributed by atoms with E-state index in [4.69, 9.17) is 10.00 Å². The van der Waals surface area contributed by atoms with Crippen LogP contribution >= 0.6 is 0 Å². The standard InChI is InChI=1S/C20H21F2N5O2/c1-14-2-4-15(5-3-14)12-29-19(28)27-7-6-16(20(21,22)13-27)9-25-18-11-24-17(8-23)10-26-18/h2-5,10-11,16H,6-7,9,12-13H2,1H3,(H,25,26). The number of rotatable bonds is 5. The number of nitrogens with one attached hydrogen (secondary N) is 1. The maximum atomic E-state index is 14.5. The van der Waals surface area contributed by atoms with Crippen LogP contribution in [0.25, 0.3) is 0 Å². The Morgan fingerprint density at radius 1 is 1.34 bits per heavy atom. The van der Waals surface area contributed by atoms with Gasteiger partial charge in [0.05, 0.1) is 18.9 Å². The van der Waals surface area contributed by atoms with E-state index in [1.54, 1.807) is 0 Å². The summed E-state index contributed by atoms with van der Waals surface area (Å²) in [4.78, 5) is 21.0. The molecule has 1 N–H and O–H groups in total. The van der Waals surface area contributed by atoms with Crippen molar-refractivity contribution in [1.29, 1.82) is 5.26 Å². The van der Waals surface area contributed by atoms with E-state index >= 15 is 0 Å². The number of carbonyl (C=O) groups excluding carboxylic acids is 1. The summed E-state index contributed by atoms with van der Waals surface area (Å²) in [5.41, 5.74) is 2.04. The maximum absolute atomic E-state index is 14.5. The third-order valence-corrected chi connectivity index (χ3v) is 4.78. The minimum atomic E-state index is -3.06. The number of halogens is 2. The van der Waals surface area contributed by atoms with Crippen molar-refractivity contribution in [2.24, 2.45) is 5.92 Å². The number of nitriles is 1. The lowest BCUT2D eigenvalue weighted by atomic mass is 9.93. The van der Waals surface area contributed by atoms with E-state index in [-0.39, 0.29) is 31.8 Å². The molecule has 1 aromatic carbocycles. The second kappa shape index (κ2) is 8.82. The molecule has 29 heavy (non-hydrogen) atoms. The van der Waals surface area contributed by atoms with Gasteiger partial charge in [0.2, 0.25) is 0 Å². The fourth-order valence-corrected chi connectivity index (χ4v) is 3.02. The molecule has 1 aromatic heterocycles. The Morgan fingerprint density at radius 2 is 2.10 bits per heavy atom. The third kappa shape index (κ3) is 5.38. The highest BCUT2D eigenvalue weighted by molar-refractivity contribution is 5.68. The summed E-state index contributed by atoms with van der Waals surface area (Å²) in [6.07, 6.45) is 1.99. The average Bonchev–Trinajstić information content (AvgIpc) is 2.72. The summed E-state index contributed by atoms with van der Waals surface area (Å²) < 4.78 is 34.3. The first-order valence-electron chi connectivity index (χ1n) is 9.18. The first-order valence-corrected chi connectivity index (χ1v) is 9.18. The molecule has 2 aromatic rings. The number of carbonyl (C=O) groups is 1. The van der Waals surface area contributed by atoms with Crippen LogP contribution in [0.1, 0.15) is 23.2 Å². The van der Waals surface area contributed by atoms with Gasteiger partial charge in [-0.2, -0.15) is 5.26 Å². The van der Waals surface area contributed by atoms with Crippen LogP contribution < -0.4 is 5.32 Å². The number of piperidine rings is 1. The molecular weight excluding hydrogens is 380 g/mol. The van der Waals surface area contributed by atoms with Gasteiger partial charge in [-0.1, -0.05) is 29.8 Å². The number of hydrogen-bond donors (Lipinski definition) is 1. The molecule has 1 fully saturated rings. The van der Waals surface area contributed by atoms with Crippen LogP contribution in [0.4, 0.5) is 19.4 Å². The fraction of sp³-hybridized carbons (Fsp3) is 0.400. The van der Waals surface area contributed by atoms with E-state index in [1.807, 2.05) is 37.3 Å². The van der Waals surface area contributed by atoms with Crippen LogP contribution in [-0.2, 0) is 11.3 Å². The number of aromatic nitrogens is 2. The van der Waals surface area contributed by atoms with Gasteiger partial charge in [-0.05, 0) is 18.9 Å². The Bertz CT molecular complexity index is 881. The van der Waals surface area contributed by atoms with Crippen LogP contribution in [0, 0.1) is 24.2 Å². The second-order valence-electron chi connectivity index (χ2n) is 6.99. The number of hydrogen-bond acceptors (Lipinski definition) is 6. The highest BCUT2D eigenvalue weighted by Crippen LogP contribution is 2.33.